The fourth-order valence-electron chi connectivity index (χ4n) is 5.56. The van der Waals surface area contributed by atoms with Crippen molar-refractivity contribution < 1.29 is 4.79 Å². The molecule has 1 aliphatic rings. The number of nitrogens with one attached hydrogen (secondary N) is 1. The predicted molar refractivity (Wildman–Crippen MR) is 164 cm³/mol. The number of hydrogen-bond acceptors (Lipinski definition) is 4. The molecule has 0 spiro atoms. The van der Waals surface area contributed by atoms with Crippen molar-refractivity contribution in [3.05, 3.63) is 106 Å². The standard InChI is InChI=1S/C33H37ClN4OS/c1-23-9-8-14-27(19-23)22-40-33-37-36-32(38(33)30-21-28(34)17-15-24(30)2)29(20-26-12-4-3-5-13-26)35-31(39)18-16-25-10-6-7-11-25/h3-5,8-9,12-15,17,19,21,25,29H,6-7,10-11,16,18,20,22H2,1-2H3,(H,35,39). The molecule has 0 aliphatic heterocycles. The maximum Gasteiger partial charge on any atom is 0.220 e. The molecule has 1 saturated carbocycles. The zero-order valence-corrected chi connectivity index (χ0v) is 24.8. The molecule has 208 valence electrons. The first kappa shape index (κ1) is 28.4. The molecule has 0 saturated heterocycles. The van der Waals surface area contributed by atoms with Crippen molar-refractivity contribution in [1.82, 2.24) is 20.1 Å². The summed E-state index contributed by atoms with van der Waals surface area (Å²) < 4.78 is 2.09. The lowest BCUT2D eigenvalue weighted by Gasteiger charge is -2.21. The van der Waals surface area contributed by atoms with Gasteiger partial charge in [-0.05, 0) is 61.4 Å². The van der Waals surface area contributed by atoms with Crippen molar-refractivity contribution in [2.75, 3.05) is 0 Å². The van der Waals surface area contributed by atoms with E-state index in [0.29, 0.717) is 23.8 Å². The van der Waals surface area contributed by atoms with Crippen LogP contribution in [0.2, 0.25) is 5.02 Å². The van der Waals surface area contributed by atoms with E-state index in [-0.39, 0.29) is 11.9 Å². The van der Waals surface area contributed by atoms with Gasteiger partial charge in [-0.15, -0.1) is 10.2 Å². The third-order valence-corrected chi connectivity index (χ3v) is 8.94. The van der Waals surface area contributed by atoms with Gasteiger partial charge in [0.25, 0.3) is 0 Å². The van der Waals surface area contributed by atoms with Gasteiger partial charge < -0.3 is 5.32 Å². The molecule has 0 radical (unpaired) electrons. The second kappa shape index (κ2) is 13.5. The molecule has 1 heterocycles. The first-order valence-corrected chi connectivity index (χ1v) is 15.6. The second-order valence-electron chi connectivity index (χ2n) is 10.9. The maximum atomic E-state index is 13.3. The van der Waals surface area contributed by atoms with Crippen molar-refractivity contribution >= 4 is 29.3 Å². The Hall–Kier alpha value is -3.09. The number of carbonyl (C=O) groups is 1. The lowest BCUT2D eigenvalue weighted by Crippen LogP contribution is -2.32. The third kappa shape index (κ3) is 7.35. The minimum atomic E-state index is -0.335. The molecule has 1 amide bonds. The minimum Gasteiger partial charge on any atom is -0.346 e. The van der Waals surface area contributed by atoms with E-state index in [9.17, 15) is 4.79 Å². The van der Waals surface area contributed by atoms with Gasteiger partial charge in [0, 0.05) is 17.2 Å². The fraction of sp³-hybridized carbons (Fsp3) is 0.364. The highest BCUT2D eigenvalue weighted by molar-refractivity contribution is 7.98. The molecular weight excluding hydrogens is 536 g/mol. The highest BCUT2D eigenvalue weighted by Crippen LogP contribution is 2.32. The van der Waals surface area contributed by atoms with Crippen LogP contribution in [-0.4, -0.2) is 20.7 Å². The number of thioether (sulfide) groups is 1. The van der Waals surface area contributed by atoms with E-state index < -0.39 is 0 Å². The molecular formula is C33H37ClN4OS. The number of nitrogens with zero attached hydrogens (tertiary/aromatic N) is 3. The molecule has 1 unspecified atom stereocenters. The summed E-state index contributed by atoms with van der Waals surface area (Å²) in [6.07, 6.45) is 7.16. The predicted octanol–water partition coefficient (Wildman–Crippen LogP) is 8.20. The number of halogens is 1. The van der Waals surface area contributed by atoms with E-state index in [0.717, 1.165) is 40.0 Å². The van der Waals surface area contributed by atoms with Gasteiger partial charge in [-0.1, -0.05) is 115 Å². The highest BCUT2D eigenvalue weighted by atomic mass is 35.5. The average molecular weight is 573 g/mol. The van der Waals surface area contributed by atoms with Crippen molar-refractivity contribution in [3.8, 4) is 5.69 Å². The monoisotopic (exact) mass is 572 g/mol. The molecule has 1 N–H and O–H groups in total. The Morgan fingerprint density at radius 2 is 1.77 bits per heavy atom. The zero-order chi connectivity index (χ0) is 27.9. The number of hydrogen-bond donors (Lipinski definition) is 1. The first-order chi connectivity index (χ1) is 19.5. The molecule has 1 fully saturated rings. The van der Waals surface area contributed by atoms with Gasteiger partial charge in [0.1, 0.15) is 0 Å². The van der Waals surface area contributed by atoms with E-state index in [2.05, 4.69) is 65.2 Å². The minimum absolute atomic E-state index is 0.0687. The summed E-state index contributed by atoms with van der Waals surface area (Å²) in [6.45, 7) is 4.17. The smallest absolute Gasteiger partial charge is 0.220 e. The summed E-state index contributed by atoms with van der Waals surface area (Å²) in [7, 11) is 0. The molecule has 0 bridgehead atoms. The van der Waals surface area contributed by atoms with Crippen LogP contribution in [0.3, 0.4) is 0 Å². The van der Waals surface area contributed by atoms with Gasteiger partial charge in [0.05, 0.1) is 11.7 Å². The van der Waals surface area contributed by atoms with Crippen LogP contribution in [-0.2, 0) is 17.0 Å². The van der Waals surface area contributed by atoms with Crippen LogP contribution in [0, 0.1) is 19.8 Å². The zero-order valence-electron chi connectivity index (χ0n) is 23.3. The van der Waals surface area contributed by atoms with E-state index in [1.54, 1.807) is 11.8 Å². The van der Waals surface area contributed by atoms with E-state index in [4.69, 9.17) is 16.7 Å². The number of aromatic nitrogens is 3. The molecule has 7 heteroatoms. The van der Waals surface area contributed by atoms with Crippen molar-refractivity contribution in [2.24, 2.45) is 5.92 Å². The van der Waals surface area contributed by atoms with Crippen molar-refractivity contribution in [2.45, 2.75) is 75.7 Å². The molecule has 3 aromatic carbocycles. The van der Waals surface area contributed by atoms with Crippen LogP contribution >= 0.6 is 23.4 Å². The van der Waals surface area contributed by atoms with E-state index in [1.165, 1.54) is 36.8 Å². The Balaban J connectivity index is 1.48. The Bertz CT molecular complexity index is 1430. The first-order valence-electron chi connectivity index (χ1n) is 14.2. The molecule has 40 heavy (non-hydrogen) atoms. The maximum absolute atomic E-state index is 13.3. The lowest BCUT2D eigenvalue weighted by atomic mass is 10.0. The molecule has 5 nitrogen and oxygen atoms in total. The summed E-state index contributed by atoms with van der Waals surface area (Å²) in [6, 6.07) is 24.3. The van der Waals surface area contributed by atoms with Crippen molar-refractivity contribution in [1.29, 1.82) is 0 Å². The largest absolute Gasteiger partial charge is 0.346 e. The number of carbonyl (C=O) groups excluding carboxylic acids is 1. The quantitative estimate of drug-likeness (QED) is 0.184. The lowest BCUT2D eigenvalue weighted by molar-refractivity contribution is -0.122. The van der Waals surface area contributed by atoms with E-state index >= 15 is 0 Å². The number of benzene rings is 3. The van der Waals surface area contributed by atoms with Crippen LogP contribution < -0.4 is 5.32 Å². The Morgan fingerprint density at radius 3 is 2.55 bits per heavy atom. The second-order valence-corrected chi connectivity index (χ2v) is 12.3. The van der Waals surface area contributed by atoms with Crippen LogP contribution in [0.15, 0.2) is 78.0 Å². The van der Waals surface area contributed by atoms with Gasteiger partial charge in [-0.2, -0.15) is 0 Å². The van der Waals surface area contributed by atoms with Gasteiger partial charge in [-0.25, -0.2) is 0 Å². The van der Waals surface area contributed by atoms with Crippen LogP contribution in [0.25, 0.3) is 5.69 Å². The molecule has 4 aromatic rings. The van der Waals surface area contributed by atoms with Gasteiger partial charge >= 0.3 is 0 Å². The Morgan fingerprint density at radius 1 is 1.00 bits per heavy atom. The normalized spacial score (nSPS) is 14.4. The third-order valence-electron chi connectivity index (χ3n) is 7.70. The van der Waals surface area contributed by atoms with Gasteiger partial charge in [0.2, 0.25) is 5.91 Å². The van der Waals surface area contributed by atoms with Gasteiger partial charge in [-0.3, -0.25) is 9.36 Å². The van der Waals surface area contributed by atoms with Crippen molar-refractivity contribution in [3.63, 3.8) is 0 Å². The number of rotatable bonds is 11. The average Bonchev–Trinajstić information content (AvgIpc) is 3.63. The topological polar surface area (TPSA) is 59.8 Å². The van der Waals surface area contributed by atoms with Crippen LogP contribution in [0.1, 0.15) is 72.6 Å². The summed E-state index contributed by atoms with van der Waals surface area (Å²) in [5, 5.41) is 14.1. The summed E-state index contributed by atoms with van der Waals surface area (Å²) in [5.74, 6) is 2.21. The number of aryl methyl sites for hydroxylation is 2. The van der Waals surface area contributed by atoms with E-state index in [1.807, 2.05) is 36.4 Å². The Kier molecular flexibility index (Phi) is 9.61. The Labute approximate surface area is 246 Å². The van der Waals surface area contributed by atoms with Crippen LogP contribution in [0.5, 0.6) is 0 Å². The summed E-state index contributed by atoms with van der Waals surface area (Å²) >= 11 is 8.14. The summed E-state index contributed by atoms with van der Waals surface area (Å²) in [5.41, 5.74) is 5.58. The SMILES string of the molecule is Cc1cccc(CSc2nnc(C(Cc3ccccc3)NC(=O)CCC3CCCC3)n2-c2cc(Cl)ccc2C)c1. The fourth-order valence-corrected chi connectivity index (χ4v) is 6.62. The molecule has 1 aliphatic carbocycles. The number of amides is 1. The molecule has 5 rings (SSSR count). The molecule has 1 atom stereocenters. The van der Waals surface area contributed by atoms with Crippen LogP contribution in [0.4, 0.5) is 0 Å². The van der Waals surface area contributed by atoms with Gasteiger partial charge in [0.15, 0.2) is 11.0 Å². The highest BCUT2D eigenvalue weighted by Gasteiger charge is 2.26. The summed E-state index contributed by atoms with van der Waals surface area (Å²) in [4.78, 5) is 13.3. The molecule has 1 aromatic heterocycles.